The van der Waals surface area contributed by atoms with Gasteiger partial charge in [0.15, 0.2) is 0 Å². The van der Waals surface area contributed by atoms with Crippen LogP contribution in [-0.4, -0.2) is 5.94 Å². The van der Waals surface area contributed by atoms with E-state index in [0.717, 1.165) is 6.08 Å². The molecule has 0 aromatic carbocycles. The average molecular weight is 93.1 g/mol. The van der Waals surface area contributed by atoms with Gasteiger partial charge in [-0.1, -0.05) is 0 Å². The molecule has 0 spiro atoms. The molecule has 0 heterocycles. The van der Waals surface area contributed by atoms with Crippen LogP contribution in [0, 0.1) is 11.3 Å². The molecule has 0 saturated heterocycles. The van der Waals surface area contributed by atoms with Crippen molar-refractivity contribution in [3.8, 4) is 6.07 Å². The average Bonchev–Trinajstić information content (AvgIpc) is 1.69. The number of hydrogen-bond donors (Lipinski definition) is 0. The van der Waals surface area contributed by atoms with E-state index >= 15 is 0 Å². The third-order valence-corrected chi connectivity index (χ3v) is 0.335. The lowest BCUT2D eigenvalue weighted by Crippen LogP contribution is -1.46. The molecule has 0 N–H and O–H groups in total. The van der Waals surface area contributed by atoms with Gasteiger partial charge in [0.2, 0.25) is 0 Å². The Bertz CT molecular complexity index is 146. The summed E-state index contributed by atoms with van der Waals surface area (Å²) >= 11 is 0. The van der Waals surface area contributed by atoms with E-state index in [9.17, 15) is 4.79 Å². The molecule has 0 saturated carbocycles. The molecular weight excluding hydrogens is 90.1 g/mol. The quantitative estimate of drug-likeness (QED) is 0.268. The zero-order valence-corrected chi connectivity index (χ0v) is 3.59. The van der Waals surface area contributed by atoms with Crippen molar-refractivity contribution < 1.29 is 4.79 Å². The van der Waals surface area contributed by atoms with Gasteiger partial charge in [-0.15, -0.1) is 0 Å². The predicted octanol–water partition coefficient (Wildman–Crippen LogP) is 0.454. The van der Waals surface area contributed by atoms with Crippen molar-refractivity contribution in [1.82, 2.24) is 0 Å². The Morgan fingerprint density at radius 1 is 1.57 bits per heavy atom. The van der Waals surface area contributed by atoms with Crippen molar-refractivity contribution in [1.29, 1.82) is 5.26 Å². The first-order chi connectivity index (χ1) is 3.41. The molecule has 0 aromatic heterocycles. The predicted molar refractivity (Wildman–Crippen MR) is 25.0 cm³/mol. The van der Waals surface area contributed by atoms with E-state index in [2.05, 4.69) is 0 Å². The van der Waals surface area contributed by atoms with Crippen LogP contribution in [0.5, 0.6) is 0 Å². The Balaban J connectivity index is 3.54. The molecule has 0 fully saturated rings. The highest BCUT2D eigenvalue weighted by atomic mass is 16.1. The largest absolute Gasteiger partial charge is 0.234 e. The minimum Gasteiger partial charge on any atom is -0.234 e. The second kappa shape index (κ2) is 4.68. The van der Waals surface area contributed by atoms with Gasteiger partial charge in [0.05, 0.1) is 6.07 Å². The van der Waals surface area contributed by atoms with Crippen molar-refractivity contribution in [3.05, 3.63) is 18.2 Å². The van der Waals surface area contributed by atoms with Gasteiger partial charge < -0.3 is 0 Å². The summed E-state index contributed by atoms with van der Waals surface area (Å²) in [4.78, 5) is 9.34. The standard InChI is InChI=1S/C5H3NO/c6-4-2-1-3-5-7/h1-3H/b2-1-. The normalized spacial score (nSPS) is 7.29. The van der Waals surface area contributed by atoms with Crippen LogP contribution < -0.4 is 0 Å². The molecule has 0 aliphatic rings. The van der Waals surface area contributed by atoms with Crippen molar-refractivity contribution in [2.45, 2.75) is 0 Å². The maximum Gasteiger partial charge on any atom is 0.124 e. The van der Waals surface area contributed by atoms with Gasteiger partial charge in [-0.25, -0.2) is 4.79 Å². The summed E-state index contributed by atoms with van der Waals surface area (Å²) in [5.41, 5.74) is 0. The molecule has 0 bridgehead atoms. The summed E-state index contributed by atoms with van der Waals surface area (Å²) in [6.45, 7) is 0. The number of carbonyl (C=O) groups excluding carboxylic acids is 1. The first-order valence-electron chi connectivity index (χ1n) is 1.67. The Morgan fingerprint density at radius 3 is 2.71 bits per heavy atom. The summed E-state index contributed by atoms with van der Waals surface area (Å²) in [5.74, 6) is 1.49. The molecule has 0 aliphatic carbocycles. The van der Waals surface area contributed by atoms with Crippen LogP contribution >= 0.6 is 0 Å². The third kappa shape index (κ3) is 4.68. The fraction of sp³-hybridized carbons (Fsp3) is 0. The summed E-state index contributed by atoms with van der Waals surface area (Å²) < 4.78 is 0. The lowest BCUT2D eigenvalue weighted by Gasteiger charge is -1.52. The molecule has 7 heavy (non-hydrogen) atoms. The zero-order valence-electron chi connectivity index (χ0n) is 3.59. The third-order valence-electron chi connectivity index (χ3n) is 0.335. The van der Waals surface area contributed by atoms with Gasteiger partial charge in [0.25, 0.3) is 0 Å². The highest BCUT2D eigenvalue weighted by Gasteiger charge is 1.55. The lowest BCUT2D eigenvalue weighted by molar-refractivity contribution is 0.569. The van der Waals surface area contributed by atoms with E-state index in [4.69, 9.17) is 5.26 Å². The molecular formula is C5H3NO. The Morgan fingerprint density at radius 2 is 2.29 bits per heavy atom. The van der Waals surface area contributed by atoms with Crippen LogP contribution in [0.15, 0.2) is 18.2 Å². The highest BCUT2D eigenvalue weighted by Crippen LogP contribution is 1.64. The zero-order chi connectivity index (χ0) is 5.54. The van der Waals surface area contributed by atoms with Crippen LogP contribution in [0.4, 0.5) is 0 Å². The monoisotopic (exact) mass is 93.0 g/mol. The lowest BCUT2D eigenvalue weighted by atomic mass is 10.5. The Kier molecular flexibility index (Phi) is 3.80. The first kappa shape index (κ1) is 5.68. The Labute approximate surface area is 41.4 Å². The van der Waals surface area contributed by atoms with Crippen molar-refractivity contribution in [2.24, 2.45) is 0 Å². The smallest absolute Gasteiger partial charge is 0.124 e. The second-order valence-corrected chi connectivity index (χ2v) is 0.773. The van der Waals surface area contributed by atoms with Gasteiger partial charge >= 0.3 is 0 Å². The maximum absolute atomic E-state index is 9.34. The number of nitriles is 1. The van der Waals surface area contributed by atoms with Crippen molar-refractivity contribution in [2.75, 3.05) is 0 Å². The van der Waals surface area contributed by atoms with Crippen LogP contribution in [0.3, 0.4) is 0 Å². The van der Waals surface area contributed by atoms with Gasteiger partial charge in [-0.3, -0.25) is 0 Å². The highest BCUT2D eigenvalue weighted by molar-refractivity contribution is 5.49. The first-order valence-corrected chi connectivity index (χ1v) is 1.67. The van der Waals surface area contributed by atoms with Gasteiger partial charge in [0.1, 0.15) is 5.94 Å². The molecule has 0 aromatic rings. The summed E-state index contributed by atoms with van der Waals surface area (Å²) in [7, 11) is 0. The van der Waals surface area contributed by atoms with Crippen molar-refractivity contribution >= 4 is 5.94 Å². The molecule has 2 heteroatoms. The van der Waals surface area contributed by atoms with Gasteiger partial charge in [0, 0.05) is 12.2 Å². The molecule has 0 amide bonds. The number of rotatable bonds is 1. The van der Waals surface area contributed by atoms with E-state index in [1.54, 1.807) is 6.07 Å². The Hall–Kier alpha value is -1.32. The van der Waals surface area contributed by atoms with Gasteiger partial charge in [-0.2, -0.15) is 5.26 Å². The van der Waals surface area contributed by atoms with E-state index in [1.165, 1.54) is 18.1 Å². The SMILES string of the molecule is N#C/C=C\C=C=O. The minimum atomic E-state index is 1.13. The van der Waals surface area contributed by atoms with Crippen LogP contribution in [0.2, 0.25) is 0 Å². The fourth-order valence-electron chi connectivity index (χ4n) is 0.130. The number of nitrogens with zero attached hydrogens (tertiary/aromatic N) is 1. The maximum atomic E-state index is 9.34. The van der Waals surface area contributed by atoms with E-state index in [1.807, 2.05) is 0 Å². The second-order valence-electron chi connectivity index (χ2n) is 0.773. The molecule has 0 rings (SSSR count). The van der Waals surface area contributed by atoms with E-state index in [0.29, 0.717) is 0 Å². The molecule has 0 unspecified atom stereocenters. The summed E-state index contributed by atoms with van der Waals surface area (Å²) in [6.07, 6.45) is 3.65. The fourth-order valence-corrected chi connectivity index (χ4v) is 0.130. The van der Waals surface area contributed by atoms with E-state index in [-0.39, 0.29) is 0 Å². The van der Waals surface area contributed by atoms with Crippen LogP contribution in [0.25, 0.3) is 0 Å². The molecule has 2 nitrogen and oxygen atoms in total. The number of allylic oxidation sites excluding steroid dienone is 3. The minimum absolute atomic E-state index is 1.13. The van der Waals surface area contributed by atoms with E-state index < -0.39 is 0 Å². The topological polar surface area (TPSA) is 40.9 Å². The summed E-state index contributed by atoms with van der Waals surface area (Å²) in [5, 5.41) is 7.81. The van der Waals surface area contributed by atoms with Crippen LogP contribution in [-0.2, 0) is 4.79 Å². The molecule has 0 atom stereocenters. The summed E-state index contributed by atoms with van der Waals surface area (Å²) in [6, 6.07) is 1.71. The van der Waals surface area contributed by atoms with Gasteiger partial charge in [-0.05, 0) is 6.08 Å². The number of hydrogen-bond acceptors (Lipinski definition) is 2. The molecule has 34 valence electrons. The molecule has 0 radical (unpaired) electrons. The van der Waals surface area contributed by atoms with Crippen LogP contribution in [0.1, 0.15) is 0 Å². The molecule has 0 aliphatic heterocycles. The van der Waals surface area contributed by atoms with Crippen molar-refractivity contribution in [3.63, 3.8) is 0 Å².